The van der Waals surface area contributed by atoms with Gasteiger partial charge in [0, 0.05) is 5.39 Å². The van der Waals surface area contributed by atoms with Crippen LogP contribution in [0.3, 0.4) is 0 Å². The quantitative estimate of drug-likeness (QED) is 0.788. The molecule has 2 rings (SSSR count). The van der Waals surface area contributed by atoms with Gasteiger partial charge in [-0.25, -0.2) is 4.79 Å². The molecular formula is C11H11NO3. The molecule has 0 spiro atoms. The molecule has 2 aromatic rings. The minimum Gasteiger partial charge on any atom is -0.475 e. The molecule has 15 heavy (non-hydrogen) atoms. The van der Waals surface area contributed by atoms with Gasteiger partial charge < -0.3 is 15.3 Å². The zero-order chi connectivity index (χ0) is 11.0. The van der Waals surface area contributed by atoms with Crippen LogP contribution < -0.4 is 5.73 Å². The van der Waals surface area contributed by atoms with Gasteiger partial charge in [-0.05, 0) is 18.1 Å². The van der Waals surface area contributed by atoms with Crippen LogP contribution in [-0.4, -0.2) is 11.1 Å². The lowest BCUT2D eigenvalue weighted by Crippen LogP contribution is -1.98. The second kappa shape index (κ2) is 3.31. The van der Waals surface area contributed by atoms with E-state index < -0.39 is 5.97 Å². The maximum Gasteiger partial charge on any atom is 0.374 e. The summed E-state index contributed by atoms with van der Waals surface area (Å²) in [5.41, 5.74) is 7.43. The highest BCUT2D eigenvalue weighted by Gasteiger charge is 2.18. The Morgan fingerprint density at radius 2 is 2.27 bits per heavy atom. The van der Waals surface area contributed by atoms with Crippen LogP contribution in [0.15, 0.2) is 22.6 Å². The molecule has 0 atom stereocenters. The number of rotatable bonds is 2. The number of hydrogen-bond donors (Lipinski definition) is 2. The number of aryl methyl sites for hydroxylation is 1. The van der Waals surface area contributed by atoms with Crippen LogP contribution in [0.4, 0.5) is 5.69 Å². The summed E-state index contributed by atoms with van der Waals surface area (Å²) in [6.45, 7) is 1.98. The summed E-state index contributed by atoms with van der Waals surface area (Å²) in [5.74, 6) is -1.31. The summed E-state index contributed by atoms with van der Waals surface area (Å²) in [6, 6.07) is 5.51. The Morgan fingerprint density at radius 3 is 2.87 bits per heavy atom. The van der Waals surface area contributed by atoms with Crippen molar-refractivity contribution in [3.05, 3.63) is 29.5 Å². The molecule has 1 aromatic heterocycles. The van der Waals surface area contributed by atoms with E-state index in [1.165, 1.54) is 0 Å². The molecule has 0 amide bonds. The lowest BCUT2D eigenvalue weighted by molar-refractivity contribution is 0.0666. The fourth-order valence-electron chi connectivity index (χ4n) is 1.63. The molecule has 1 heterocycles. The number of carbonyl (C=O) groups is 1. The standard InChI is InChI=1S/C11H11NO3/c1-2-6-4-3-5-7-8(12)10(11(13)14)15-9(6)7/h3-5H,2,12H2,1H3,(H,13,14). The third-order valence-electron chi connectivity index (χ3n) is 2.41. The molecule has 0 aliphatic rings. The smallest absolute Gasteiger partial charge is 0.374 e. The maximum absolute atomic E-state index is 10.8. The van der Waals surface area contributed by atoms with Crippen LogP contribution in [-0.2, 0) is 6.42 Å². The largest absolute Gasteiger partial charge is 0.475 e. The molecule has 0 bridgehead atoms. The SMILES string of the molecule is CCc1cccc2c(N)c(C(=O)O)oc12. The van der Waals surface area contributed by atoms with E-state index in [0.29, 0.717) is 11.0 Å². The van der Waals surface area contributed by atoms with E-state index in [-0.39, 0.29) is 11.4 Å². The van der Waals surface area contributed by atoms with E-state index in [0.717, 1.165) is 12.0 Å². The van der Waals surface area contributed by atoms with Gasteiger partial charge in [0.25, 0.3) is 0 Å². The lowest BCUT2D eigenvalue weighted by atomic mass is 10.1. The van der Waals surface area contributed by atoms with Crippen molar-refractivity contribution in [1.29, 1.82) is 0 Å². The average molecular weight is 205 g/mol. The third-order valence-corrected chi connectivity index (χ3v) is 2.41. The van der Waals surface area contributed by atoms with E-state index >= 15 is 0 Å². The fourth-order valence-corrected chi connectivity index (χ4v) is 1.63. The molecule has 3 N–H and O–H groups in total. The molecule has 0 unspecified atom stereocenters. The summed E-state index contributed by atoms with van der Waals surface area (Å²) in [5, 5.41) is 9.53. The van der Waals surface area contributed by atoms with Gasteiger partial charge in [0.15, 0.2) is 0 Å². The Bertz CT molecular complexity index is 528. The van der Waals surface area contributed by atoms with E-state index in [1.54, 1.807) is 6.07 Å². The second-order valence-corrected chi connectivity index (χ2v) is 3.30. The Balaban J connectivity index is 2.81. The maximum atomic E-state index is 10.8. The first-order valence-electron chi connectivity index (χ1n) is 4.68. The van der Waals surface area contributed by atoms with Crippen LogP contribution in [0.5, 0.6) is 0 Å². The fraction of sp³-hybridized carbons (Fsp3) is 0.182. The Labute approximate surface area is 86.3 Å². The predicted octanol–water partition coefficient (Wildman–Crippen LogP) is 2.28. The van der Waals surface area contributed by atoms with Crippen LogP contribution in [0.25, 0.3) is 11.0 Å². The summed E-state index contributed by atoms with van der Waals surface area (Å²) in [4.78, 5) is 10.8. The van der Waals surface area contributed by atoms with Crippen LogP contribution in [0.2, 0.25) is 0 Å². The van der Waals surface area contributed by atoms with Gasteiger partial charge in [-0.2, -0.15) is 0 Å². The van der Waals surface area contributed by atoms with E-state index in [4.69, 9.17) is 15.3 Å². The van der Waals surface area contributed by atoms with Gasteiger partial charge >= 0.3 is 5.97 Å². The highest BCUT2D eigenvalue weighted by atomic mass is 16.4. The number of benzene rings is 1. The zero-order valence-electron chi connectivity index (χ0n) is 8.28. The minimum absolute atomic E-state index is 0.175. The van der Waals surface area contributed by atoms with Gasteiger partial charge in [-0.1, -0.05) is 19.1 Å². The number of nitrogens with two attached hydrogens (primary N) is 1. The van der Waals surface area contributed by atoms with Crippen molar-refractivity contribution in [3.63, 3.8) is 0 Å². The van der Waals surface area contributed by atoms with Gasteiger partial charge in [0.1, 0.15) is 5.58 Å². The number of carboxylic acid groups (broad SMARTS) is 1. The summed E-state index contributed by atoms with van der Waals surface area (Å²) in [7, 11) is 0. The molecule has 0 aliphatic carbocycles. The Hall–Kier alpha value is -1.97. The van der Waals surface area contributed by atoms with E-state index in [1.807, 2.05) is 19.1 Å². The number of fused-ring (bicyclic) bond motifs is 1. The van der Waals surface area contributed by atoms with Crippen LogP contribution >= 0.6 is 0 Å². The molecule has 1 aromatic carbocycles. The third kappa shape index (κ3) is 1.34. The average Bonchev–Trinajstić information content (AvgIpc) is 2.56. The van der Waals surface area contributed by atoms with E-state index in [2.05, 4.69) is 0 Å². The van der Waals surface area contributed by atoms with Gasteiger partial charge in [-0.15, -0.1) is 0 Å². The number of para-hydroxylation sites is 1. The van der Waals surface area contributed by atoms with Gasteiger partial charge in [0.2, 0.25) is 5.76 Å². The lowest BCUT2D eigenvalue weighted by Gasteiger charge is -1.96. The van der Waals surface area contributed by atoms with Crippen molar-refractivity contribution in [1.82, 2.24) is 0 Å². The van der Waals surface area contributed by atoms with Crippen LogP contribution in [0, 0.1) is 0 Å². The first kappa shape index (κ1) is 9.58. The zero-order valence-corrected chi connectivity index (χ0v) is 8.28. The second-order valence-electron chi connectivity index (χ2n) is 3.30. The number of carboxylic acids is 1. The number of furan rings is 1. The van der Waals surface area contributed by atoms with Crippen molar-refractivity contribution in [3.8, 4) is 0 Å². The molecule has 0 radical (unpaired) electrons. The van der Waals surface area contributed by atoms with Gasteiger partial charge in [-0.3, -0.25) is 0 Å². The van der Waals surface area contributed by atoms with Crippen molar-refractivity contribution < 1.29 is 14.3 Å². The molecular weight excluding hydrogens is 194 g/mol. The number of hydrogen-bond acceptors (Lipinski definition) is 3. The molecule has 0 saturated carbocycles. The number of aromatic carboxylic acids is 1. The van der Waals surface area contributed by atoms with Crippen molar-refractivity contribution in [2.24, 2.45) is 0 Å². The summed E-state index contributed by atoms with van der Waals surface area (Å²) < 4.78 is 5.26. The van der Waals surface area contributed by atoms with Crippen molar-refractivity contribution >= 4 is 22.6 Å². The highest BCUT2D eigenvalue weighted by molar-refractivity contribution is 6.03. The number of anilines is 1. The predicted molar refractivity (Wildman–Crippen MR) is 57.0 cm³/mol. The molecule has 78 valence electrons. The first-order valence-corrected chi connectivity index (χ1v) is 4.68. The van der Waals surface area contributed by atoms with E-state index in [9.17, 15) is 4.79 Å². The van der Waals surface area contributed by atoms with Crippen LogP contribution in [0.1, 0.15) is 23.0 Å². The summed E-state index contributed by atoms with van der Waals surface area (Å²) >= 11 is 0. The summed E-state index contributed by atoms with van der Waals surface area (Å²) in [6.07, 6.45) is 0.781. The van der Waals surface area contributed by atoms with Crippen molar-refractivity contribution in [2.45, 2.75) is 13.3 Å². The topological polar surface area (TPSA) is 76.5 Å². The normalized spacial score (nSPS) is 10.7. The Morgan fingerprint density at radius 1 is 1.53 bits per heavy atom. The molecule has 0 saturated heterocycles. The molecule has 4 nitrogen and oxygen atoms in total. The first-order chi connectivity index (χ1) is 7.15. The molecule has 0 aliphatic heterocycles. The highest BCUT2D eigenvalue weighted by Crippen LogP contribution is 2.30. The monoisotopic (exact) mass is 205 g/mol. The van der Waals surface area contributed by atoms with Gasteiger partial charge in [0.05, 0.1) is 5.69 Å². The van der Waals surface area contributed by atoms with Crippen molar-refractivity contribution in [2.75, 3.05) is 5.73 Å². The molecule has 4 heteroatoms. The minimum atomic E-state index is -1.13. The number of nitrogen functional groups attached to an aromatic ring is 1. The molecule has 0 fully saturated rings. The Kier molecular flexibility index (Phi) is 2.11.